The van der Waals surface area contributed by atoms with Gasteiger partial charge in [-0.2, -0.15) is 5.10 Å². The minimum Gasteiger partial charge on any atom is -0.872 e. The highest BCUT2D eigenvalue weighted by atomic mass is 16.6. The summed E-state index contributed by atoms with van der Waals surface area (Å²) in [5.74, 6) is 0.157. The number of rotatable bonds is 7. The molecule has 0 bridgehead atoms. The van der Waals surface area contributed by atoms with E-state index in [4.69, 9.17) is 9.15 Å². The van der Waals surface area contributed by atoms with Gasteiger partial charge in [-0.05, 0) is 60.2 Å². The minimum atomic E-state index is -0.627. The molecule has 9 heteroatoms. The van der Waals surface area contributed by atoms with Crippen molar-refractivity contribution in [2.45, 2.75) is 25.9 Å². The largest absolute Gasteiger partial charge is 0.872 e. The van der Waals surface area contributed by atoms with E-state index >= 15 is 0 Å². The summed E-state index contributed by atoms with van der Waals surface area (Å²) >= 11 is 0. The van der Waals surface area contributed by atoms with Gasteiger partial charge < -0.3 is 14.3 Å². The molecule has 0 aliphatic heterocycles. The number of non-ortho nitro benzene ring substituents is 1. The fourth-order valence-corrected chi connectivity index (χ4v) is 3.34. The van der Waals surface area contributed by atoms with E-state index < -0.39 is 16.6 Å². The molecule has 0 fully saturated rings. The average Bonchev–Trinajstić information content (AvgIpc) is 3.42. The Hall–Kier alpha value is -4.14. The summed E-state index contributed by atoms with van der Waals surface area (Å²) in [6.07, 6.45) is 4.37. The van der Waals surface area contributed by atoms with Gasteiger partial charge in [-0.3, -0.25) is 14.9 Å². The molecule has 1 N–H and O–H groups in total. The van der Waals surface area contributed by atoms with E-state index in [1.54, 1.807) is 6.07 Å². The van der Waals surface area contributed by atoms with E-state index in [1.165, 1.54) is 17.2 Å². The van der Waals surface area contributed by atoms with Gasteiger partial charge in [0.25, 0.3) is 5.69 Å². The van der Waals surface area contributed by atoms with Crippen molar-refractivity contribution in [2.24, 2.45) is 5.10 Å². The first-order valence-electron chi connectivity index (χ1n) is 9.62. The van der Waals surface area contributed by atoms with E-state index in [-0.39, 0.29) is 23.6 Å². The van der Waals surface area contributed by atoms with E-state index in [9.17, 15) is 20.0 Å². The molecule has 0 saturated carbocycles. The summed E-state index contributed by atoms with van der Waals surface area (Å²) in [5.41, 5.74) is 4.63. The summed E-state index contributed by atoms with van der Waals surface area (Å²) in [6, 6.07) is 12.4. The standard InChI is InChI=1S/C22H19N3O6/c26-20-8-5-17(25(28)29)10-16(20)12-23-24-22(27)21-9-7-19(31-21)13-30-18-6-4-14-2-1-3-15(14)11-18/h4-12,26H,1-3,13H2,(H,24,27)/p-1. The first kappa shape index (κ1) is 20.1. The average molecular weight is 420 g/mol. The van der Waals surface area contributed by atoms with Crippen LogP contribution in [-0.4, -0.2) is 17.0 Å². The van der Waals surface area contributed by atoms with Crippen molar-refractivity contribution in [3.8, 4) is 11.5 Å². The quantitative estimate of drug-likeness (QED) is 0.355. The Balaban J connectivity index is 1.33. The maximum absolute atomic E-state index is 12.2. The van der Waals surface area contributed by atoms with Crippen LogP contribution in [0, 0.1) is 10.1 Å². The molecule has 158 valence electrons. The zero-order valence-corrected chi connectivity index (χ0v) is 16.4. The first-order valence-corrected chi connectivity index (χ1v) is 9.62. The zero-order chi connectivity index (χ0) is 21.8. The van der Waals surface area contributed by atoms with Crippen LogP contribution in [0.2, 0.25) is 0 Å². The topological polar surface area (TPSA) is 130 Å². The lowest BCUT2D eigenvalue weighted by Crippen LogP contribution is -2.17. The highest BCUT2D eigenvalue weighted by Crippen LogP contribution is 2.26. The molecule has 2 aromatic carbocycles. The number of nitro benzene ring substituents is 1. The van der Waals surface area contributed by atoms with Crippen LogP contribution in [0.5, 0.6) is 11.5 Å². The number of furan rings is 1. The highest BCUT2D eigenvalue weighted by Gasteiger charge is 2.13. The van der Waals surface area contributed by atoms with E-state index in [2.05, 4.69) is 16.6 Å². The molecule has 1 aromatic heterocycles. The van der Waals surface area contributed by atoms with Gasteiger partial charge >= 0.3 is 5.91 Å². The number of hydrazone groups is 1. The van der Waals surface area contributed by atoms with Crippen LogP contribution in [0.15, 0.2) is 58.0 Å². The highest BCUT2D eigenvalue weighted by molar-refractivity contribution is 5.92. The first-order chi connectivity index (χ1) is 15.0. The summed E-state index contributed by atoms with van der Waals surface area (Å²) < 4.78 is 11.2. The second-order valence-electron chi connectivity index (χ2n) is 7.02. The number of aryl methyl sites for hydroxylation is 2. The van der Waals surface area contributed by atoms with Gasteiger partial charge in [0.1, 0.15) is 18.1 Å². The van der Waals surface area contributed by atoms with Crippen LogP contribution >= 0.6 is 0 Å². The van der Waals surface area contributed by atoms with Gasteiger partial charge in [-0.1, -0.05) is 17.9 Å². The van der Waals surface area contributed by atoms with Crippen molar-refractivity contribution in [1.29, 1.82) is 0 Å². The molecule has 0 unspecified atom stereocenters. The number of hydrogen-bond acceptors (Lipinski definition) is 7. The molecular weight excluding hydrogens is 402 g/mol. The van der Waals surface area contributed by atoms with E-state index in [1.807, 2.05) is 12.1 Å². The van der Waals surface area contributed by atoms with Crippen LogP contribution in [0.3, 0.4) is 0 Å². The van der Waals surface area contributed by atoms with Crippen molar-refractivity contribution < 1.29 is 24.0 Å². The number of carbonyl (C=O) groups is 1. The molecule has 1 amide bonds. The molecule has 1 aliphatic rings. The third kappa shape index (κ3) is 4.72. The summed E-state index contributed by atoms with van der Waals surface area (Å²) in [4.78, 5) is 22.3. The second-order valence-corrected chi connectivity index (χ2v) is 7.02. The molecule has 31 heavy (non-hydrogen) atoms. The van der Waals surface area contributed by atoms with Crippen LogP contribution in [0.4, 0.5) is 5.69 Å². The number of ether oxygens (including phenoxy) is 1. The smallest absolute Gasteiger partial charge is 0.307 e. The number of benzene rings is 2. The van der Waals surface area contributed by atoms with E-state index in [0.29, 0.717) is 5.76 Å². The summed E-state index contributed by atoms with van der Waals surface area (Å²) in [7, 11) is 0. The molecule has 1 aliphatic carbocycles. The number of amides is 1. The Kier molecular flexibility index (Phi) is 5.65. The lowest BCUT2D eigenvalue weighted by atomic mass is 10.1. The predicted molar refractivity (Wildman–Crippen MR) is 109 cm³/mol. The lowest BCUT2D eigenvalue weighted by Gasteiger charge is -2.08. The molecule has 0 spiro atoms. The lowest BCUT2D eigenvalue weighted by molar-refractivity contribution is -0.385. The van der Waals surface area contributed by atoms with Gasteiger partial charge in [-0.25, -0.2) is 5.43 Å². The normalized spacial score (nSPS) is 12.6. The van der Waals surface area contributed by atoms with Gasteiger partial charge in [0.15, 0.2) is 5.76 Å². The van der Waals surface area contributed by atoms with Gasteiger partial charge in [0.05, 0.1) is 11.1 Å². The SMILES string of the molecule is O=C(NN=Cc1cc([N+](=O)[O-])ccc1[O-])c1ccc(COc2ccc3c(c2)CCC3)o1. The number of nitrogens with zero attached hydrogens (tertiary/aromatic N) is 2. The number of carbonyl (C=O) groups excluding carboxylic acids is 1. The molecule has 0 saturated heterocycles. The fraction of sp³-hybridized carbons (Fsp3) is 0.182. The maximum atomic E-state index is 12.2. The Labute approximate surface area is 177 Å². The number of nitro groups is 1. The zero-order valence-electron chi connectivity index (χ0n) is 16.4. The van der Waals surface area contributed by atoms with Gasteiger partial charge in [0, 0.05) is 12.1 Å². The Bertz CT molecular complexity index is 1170. The Morgan fingerprint density at radius 1 is 1.16 bits per heavy atom. The monoisotopic (exact) mass is 420 g/mol. The minimum absolute atomic E-state index is 0.0163. The van der Waals surface area contributed by atoms with Gasteiger partial charge in [-0.15, -0.1) is 0 Å². The van der Waals surface area contributed by atoms with Crippen molar-refractivity contribution >= 4 is 17.8 Å². The number of nitrogens with one attached hydrogen (secondary N) is 1. The van der Waals surface area contributed by atoms with Crippen LogP contribution < -0.4 is 15.3 Å². The van der Waals surface area contributed by atoms with Crippen molar-refractivity contribution in [1.82, 2.24) is 5.43 Å². The van der Waals surface area contributed by atoms with Crippen LogP contribution in [0.1, 0.15) is 39.4 Å². The Morgan fingerprint density at radius 3 is 2.84 bits per heavy atom. The predicted octanol–water partition coefficient (Wildman–Crippen LogP) is 3.09. The third-order valence-corrected chi connectivity index (χ3v) is 4.91. The molecule has 3 aromatic rings. The molecule has 9 nitrogen and oxygen atoms in total. The second kappa shape index (κ2) is 8.70. The maximum Gasteiger partial charge on any atom is 0.307 e. The van der Waals surface area contributed by atoms with Crippen molar-refractivity contribution in [3.05, 3.63) is 86.9 Å². The van der Waals surface area contributed by atoms with E-state index in [0.717, 1.165) is 49.4 Å². The Morgan fingerprint density at radius 2 is 2.00 bits per heavy atom. The fourth-order valence-electron chi connectivity index (χ4n) is 3.34. The molecule has 4 rings (SSSR count). The number of hydrogen-bond donors (Lipinski definition) is 1. The summed E-state index contributed by atoms with van der Waals surface area (Å²) in [6.45, 7) is 0.169. The van der Waals surface area contributed by atoms with Crippen LogP contribution in [0.25, 0.3) is 0 Å². The van der Waals surface area contributed by atoms with Crippen molar-refractivity contribution in [3.63, 3.8) is 0 Å². The van der Waals surface area contributed by atoms with Gasteiger partial charge in [0.2, 0.25) is 0 Å². The molecule has 1 heterocycles. The number of fused-ring (bicyclic) bond motifs is 1. The molecular formula is C22H18N3O6-. The van der Waals surface area contributed by atoms with Crippen LogP contribution in [-0.2, 0) is 19.4 Å². The molecule has 0 atom stereocenters. The summed E-state index contributed by atoms with van der Waals surface area (Å²) in [5, 5.41) is 26.2. The third-order valence-electron chi connectivity index (χ3n) is 4.91. The van der Waals surface area contributed by atoms with Crippen molar-refractivity contribution in [2.75, 3.05) is 0 Å². The molecule has 0 radical (unpaired) electrons.